The molecule has 2 rings (SSSR count). The molecule has 1 aliphatic heterocycles. The molecule has 2 atom stereocenters. The van der Waals surface area contributed by atoms with E-state index in [9.17, 15) is 8.42 Å². The molecule has 1 heterocycles. The van der Waals surface area contributed by atoms with Gasteiger partial charge in [0.25, 0.3) is 0 Å². The van der Waals surface area contributed by atoms with Crippen molar-refractivity contribution in [2.75, 3.05) is 11.5 Å². The van der Waals surface area contributed by atoms with E-state index in [1.54, 1.807) is 6.21 Å². The molecule has 1 aromatic carbocycles. The molecular weight excluding hydrogens is 326 g/mol. The second-order valence-electron chi connectivity index (χ2n) is 3.99. The third kappa shape index (κ3) is 3.53. The predicted octanol–water partition coefficient (Wildman–Crippen LogP) is 2.27. The van der Waals surface area contributed by atoms with Gasteiger partial charge >= 0.3 is 0 Å². The summed E-state index contributed by atoms with van der Waals surface area (Å²) in [5, 5.41) is -0.410. The lowest BCUT2D eigenvalue weighted by molar-refractivity contribution is 0.601. The Morgan fingerprint density at radius 1 is 1.29 bits per heavy atom. The van der Waals surface area contributed by atoms with Gasteiger partial charge in [0.1, 0.15) is 0 Å². The van der Waals surface area contributed by atoms with Gasteiger partial charge in [-0.2, -0.15) is 0 Å². The normalized spacial score (nSPS) is 27.6. The molecule has 0 saturated carbocycles. The van der Waals surface area contributed by atoms with Crippen molar-refractivity contribution in [3.63, 3.8) is 0 Å². The topological polar surface area (TPSA) is 46.5 Å². The van der Waals surface area contributed by atoms with Crippen LogP contribution in [0.15, 0.2) is 33.7 Å². The van der Waals surface area contributed by atoms with Gasteiger partial charge in [0, 0.05) is 10.7 Å². The lowest BCUT2D eigenvalue weighted by atomic mass is 10.2. The van der Waals surface area contributed by atoms with Gasteiger partial charge in [0.15, 0.2) is 9.84 Å². The third-order valence-corrected chi connectivity index (χ3v) is 5.41. The van der Waals surface area contributed by atoms with E-state index in [-0.39, 0.29) is 17.5 Å². The zero-order valence-corrected chi connectivity index (χ0v) is 12.0. The maximum atomic E-state index is 11.3. The van der Waals surface area contributed by atoms with E-state index in [1.807, 2.05) is 24.3 Å². The van der Waals surface area contributed by atoms with Crippen LogP contribution in [0.3, 0.4) is 0 Å². The van der Waals surface area contributed by atoms with E-state index in [0.29, 0.717) is 0 Å². The largest absolute Gasteiger partial charge is 0.287 e. The van der Waals surface area contributed by atoms with Crippen LogP contribution < -0.4 is 0 Å². The number of alkyl halides is 1. The van der Waals surface area contributed by atoms with Crippen molar-refractivity contribution in [2.45, 2.75) is 11.4 Å². The molecule has 0 amide bonds. The number of benzene rings is 1. The lowest BCUT2D eigenvalue weighted by Crippen LogP contribution is -2.16. The summed E-state index contributed by atoms with van der Waals surface area (Å²) in [5.74, 6) is 0.0745. The van der Waals surface area contributed by atoms with Crippen LogP contribution in [0.5, 0.6) is 0 Å². The quantitative estimate of drug-likeness (QED) is 0.614. The SMILES string of the molecule is O=S1(=O)C[C@@H](Cl)[C@H](N=Cc2ccc(Br)cc2)C1. The van der Waals surface area contributed by atoms with Crippen LogP contribution in [-0.2, 0) is 9.84 Å². The van der Waals surface area contributed by atoms with Crippen LogP contribution in [0.2, 0.25) is 0 Å². The Morgan fingerprint density at radius 3 is 2.47 bits per heavy atom. The van der Waals surface area contributed by atoms with Gasteiger partial charge in [-0.3, -0.25) is 4.99 Å². The molecule has 0 unspecified atom stereocenters. The van der Waals surface area contributed by atoms with Crippen molar-refractivity contribution >= 4 is 43.6 Å². The molecule has 3 nitrogen and oxygen atoms in total. The van der Waals surface area contributed by atoms with Gasteiger partial charge in [-0.15, -0.1) is 11.6 Å². The first-order chi connectivity index (χ1) is 7.96. The fraction of sp³-hybridized carbons (Fsp3) is 0.364. The molecule has 92 valence electrons. The van der Waals surface area contributed by atoms with Gasteiger partial charge in [-0.25, -0.2) is 8.42 Å². The summed E-state index contributed by atoms with van der Waals surface area (Å²) in [6.45, 7) is 0. The summed E-state index contributed by atoms with van der Waals surface area (Å²) < 4.78 is 23.7. The Balaban J connectivity index is 2.09. The van der Waals surface area contributed by atoms with Gasteiger partial charge in [0.05, 0.1) is 22.9 Å². The molecule has 0 radical (unpaired) electrons. The molecule has 1 saturated heterocycles. The first kappa shape index (κ1) is 13.1. The van der Waals surface area contributed by atoms with Crippen molar-refractivity contribution in [3.8, 4) is 0 Å². The molecule has 1 aliphatic rings. The highest BCUT2D eigenvalue weighted by atomic mass is 79.9. The van der Waals surface area contributed by atoms with E-state index >= 15 is 0 Å². The lowest BCUT2D eigenvalue weighted by Gasteiger charge is -2.04. The summed E-state index contributed by atoms with van der Waals surface area (Å²) in [4.78, 5) is 4.25. The van der Waals surface area contributed by atoms with Crippen LogP contribution in [0.4, 0.5) is 0 Å². The van der Waals surface area contributed by atoms with Crippen LogP contribution in [0, 0.1) is 0 Å². The summed E-state index contributed by atoms with van der Waals surface area (Å²) in [7, 11) is -3.01. The first-order valence-electron chi connectivity index (χ1n) is 5.09. The van der Waals surface area contributed by atoms with E-state index < -0.39 is 15.2 Å². The molecule has 0 spiro atoms. The molecule has 0 bridgehead atoms. The molecule has 1 fully saturated rings. The minimum atomic E-state index is -3.01. The van der Waals surface area contributed by atoms with Gasteiger partial charge in [0.2, 0.25) is 0 Å². The molecule has 0 aliphatic carbocycles. The Kier molecular flexibility index (Phi) is 3.90. The third-order valence-electron chi connectivity index (χ3n) is 2.54. The molecular formula is C11H11BrClNO2S. The highest BCUT2D eigenvalue weighted by molar-refractivity contribution is 9.10. The highest BCUT2D eigenvalue weighted by Crippen LogP contribution is 2.20. The minimum Gasteiger partial charge on any atom is -0.287 e. The molecule has 6 heteroatoms. The van der Waals surface area contributed by atoms with Gasteiger partial charge in [-0.05, 0) is 17.7 Å². The fourth-order valence-corrected chi connectivity index (χ4v) is 4.44. The maximum Gasteiger partial charge on any atom is 0.153 e. The smallest absolute Gasteiger partial charge is 0.153 e. The van der Waals surface area contributed by atoms with Crippen molar-refractivity contribution in [3.05, 3.63) is 34.3 Å². The van der Waals surface area contributed by atoms with Gasteiger partial charge < -0.3 is 0 Å². The minimum absolute atomic E-state index is 0.0247. The van der Waals surface area contributed by atoms with E-state index in [0.717, 1.165) is 10.0 Å². The molecule has 0 aromatic heterocycles. The first-order valence-corrected chi connectivity index (χ1v) is 8.14. The standard InChI is InChI=1S/C11H11BrClNO2S/c12-9-3-1-8(2-4-9)5-14-11-7-17(15,16)6-10(11)13/h1-5,10-11H,6-7H2/t10-,11-/m1/s1. The number of hydrogen-bond acceptors (Lipinski definition) is 3. The van der Waals surface area contributed by atoms with Crippen LogP contribution in [0.1, 0.15) is 5.56 Å². The average molecular weight is 337 g/mol. The highest BCUT2D eigenvalue weighted by Gasteiger charge is 2.35. The van der Waals surface area contributed by atoms with Crippen LogP contribution >= 0.6 is 27.5 Å². The molecule has 0 N–H and O–H groups in total. The van der Waals surface area contributed by atoms with Gasteiger partial charge in [-0.1, -0.05) is 28.1 Å². The number of rotatable bonds is 2. The van der Waals surface area contributed by atoms with Crippen molar-refractivity contribution in [1.82, 2.24) is 0 Å². The van der Waals surface area contributed by atoms with Crippen LogP contribution in [-0.4, -0.2) is 37.6 Å². The zero-order valence-electron chi connectivity index (χ0n) is 8.88. The molecule has 1 aromatic rings. The van der Waals surface area contributed by atoms with Crippen molar-refractivity contribution < 1.29 is 8.42 Å². The van der Waals surface area contributed by atoms with E-state index in [1.165, 1.54) is 0 Å². The predicted molar refractivity (Wildman–Crippen MR) is 73.8 cm³/mol. The van der Waals surface area contributed by atoms with E-state index in [4.69, 9.17) is 11.6 Å². The number of halogens is 2. The Morgan fingerprint density at radius 2 is 1.94 bits per heavy atom. The summed E-state index contributed by atoms with van der Waals surface area (Å²) in [6, 6.07) is 7.29. The van der Waals surface area contributed by atoms with Crippen molar-refractivity contribution in [2.24, 2.45) is 4.99 Å². The summed E-state index contributed by atoms with van der Waals surface area (Å²) in [6.07, 6.45) is 1.67. The Labute approximate surface area is 114 Å². The number of aliphatic imine (C=N–C) groups is 1. The van der Waals surface area contributed by atoms with E-state index in [2.05, 4.69) is 20.9 Å². The number of nitrogens with zero attached hydrogens (tertiary/aromatic N) is 1. The average Bonchev–Trinajstić information content (AvgIpc) is 2.51. The Bertz CT molecular complexity index is 527. The Hall–Kier alpha value is -0.390. The second kappa shape index (κ2) is 5.08. The monoisotopic (exact) mass is 335 g/mol. The van der Waals surface area contributed by atoms with Crippen LogP contribution in [0.25, 0.3) is 0 Å². The van der Waals surface area contributed by atoms with Crippen molar-refractivity contribution in [1.29, 1.82) is 0 Å². The molecule has 17 heavy (non-hydrogen) atoms. The summed E-state index contributed by atoms with van der Waals surface area (Å²) in [5.41, 5.74) is 0.932. The zero-order chi connectivity index (χ0) is 12.5. The summed E-state index contributed by atoms with van der Waals surface area (Å²) >= 11 is 9.30. The second-order valence-corrected chi connectivity index (χ2v) is 7.62. The number of hydrogen-bond donors (Lipinski definition) is 0. The number of sulfone groups is 1. The fourth-order valence-electron chi connectivity index (χ4n) is 1.65. The maximum absolute atomic E-state index is 11.3.